The van der Waals surface area contributed by atoms with Gasteiger partial charge in [0.2, 0.25) is 0 Å². The van der Waals surface area contributed by atoms with Crippen LogP contribution in [0.1, 0.15) is 28.3 Å². The molecule has 0 aromatic heterocycles. The lowest BCUT2D eigenvalue weighted by Gasteiger charge is -2.26. The summed E-state index contributed by atoms with van der Waals surface area (Å²) in [6, 6.07) is 17.0. The Morgan fingerprint density at radius 1 is 0.935 bits per heavy atom. The third kappa shape index (κ3) is 3.79. The van der Waals surface area contributed by atoms with Crippen molar-refractivity contribution in [3.8, 4) is 0 Å². The number of benzene rings is 3. The lowest BCUT2D eigenvalue weighted by molar-refractivity contribution is -0.132. The molecule has 4 rings (SSSR count). The molecule has 1 heterocycles. The zero-order valence-electron chi connectivity index (χ0n) is 16.9. The normalized spacial score (nSPS) is 17.9. The fraction of sp³-hybridized carbons (Fsp3) is 0.120. The molecule has 0 aliphatic carbocycles. The van der Waals surface area contributed by atoms with Gasteiger partial charge in [0, 0.05) is 15.7 Å². The number of aliphatic hydroxyl groups excluding tert-OH is 1. The van der Waals surface area contributed by atoms with Crippen LogP contribution in [0.25, 0.3) is 5.76 Å². The van der Waals surface area contributed by atoms with Gasteiger partial charge in [-0.1, -0.05) is 46.3 Å². The SMILES string of the molecule is Cc1ccc(N2C(=O)C(=O)/C(=C(/O)c3ccc(Br)cc3)C2c2ccc(F)cc2)cc1C. The second kappa shape index (κ2) is 8.12. The molecule has 3 aromatic rings. The van der Waals surface area contributed by atoms with Crippen molar-refractivity contribution < 1.29 is 19.1 Å². The maximum Gasteiger partial charge on any atom is 0.300 e. The lowest BCUT2D eigenvalue weighted by atomic mass is 9.95. The van der Waals surface area contributed by atoms with Crippen LogP contribution in [0.3, 0.4) is 0 Å². The molecule has 1 aliphatic heterocycles. The largest absolute Gasteiger partial charge is 0.507 e. The lowest BCUT2D eigenvalue weighted by Crippen LogP contribution is -2.29. The van der Waals surface area contributed by atoms with Crippen LogP contribution in [0, 0.1) is 19.7 Å². The number of amides is 1. The molecule has 1 unspecified atom stereocenters. The number of carbonyl (C=O) groups is 2. The summed E-state index contributed by atoms with van der Waals surface area (Å²) in [5, 5.41) is 11.0. The number of anilines is 1. The Labute approximate surface area is 187 Å². The van der Waals surface area contributed by atoms with Crippen LogP contribution < -0.4 is 4.90 Å². The summed E-state index contributed by atoms with van der Waals surface area (Å²) in [7, 11) is 0. The van der Waals surface area contributed by atoms with Gasteiger partial charge >= 0.3 is 0 Å². The van der Waals surface area contributed by atoms with Crippen molar-refractivity contribution in [2.75, 3.05) is 4.90 Å². The van der Waals surface area contributed by atoms with E-state index in [4.69, 9.17) is 0 Å². The smallest absolute Gasteiger partial charge is 0.300 e. The van der Waals surface area contributed by atoms with Crippen LogP contribution in [-0.2, 0) is 9.59 Å². The second-order valence-electron chi connectivity index (χ2n) is 7.50. The van der Waals surface area contributed by atoms with Gasteiger partial charge in [0.05, 0.1) is 11.6 Å². The van der Waals surface area contributed by atoms with Crippen LogP contribution >= 0.6 is 15.9 Å². The minimum atomic E-state index is -0.883. The Bertz CT molecular complexity index is 1220. The van der Waals surface area contributed by atoms with E-state index in [1.54, 1.807) is 30.3 Å². The van der Waals surface area contributed by atoms with Crippen LogP contribution in [0.15, 0.2) is 76.8 Å². The average molecular weight is 480 g/mol. The molecule has 0 bridgehead atoms. The van der Waals surface area contributed by atoms with Crippen molar-refractivity contribution in [2.45, 2.75) is 19.9 Å². The van der Waals surface area contributed by atoms with E-state index in [0.29, 0.717) is 16.8 Å². The number of aryl methyl sites for hydroxylation is 2. The van der Waals surface area contributed by atoms with Gasteiger partial charge in [-0.15, -0.1) is 0 Å². The molecule has 31 heavy (non-hydrogen) atoms. The molecule has 1 fully saturated rings. The Kier molecular flexibility index (Phi) is 5.50. The molecule has 1 atom stereocenters. The molecule has 1 aliphatic rings. The van der Waals surface area contributed by atoms with E-state index >= 15 is 0 Å². The van der Waals surface area contributed by atoms with E-state index in [-0.39, 0.29) is 11.3 Å². The van der Waals surface area contributed by atoms with Crippen molar-refractivity contribution in [2.24, 2.45) is 0 Å². The van der Waals surface area contributed by atoms with Crippen molar-refractivity contribution in [3.63, 3.8) is 0 Å². The average Bonchev–Trinajstić information content (AvgIpc) is 3.01. The van der Waals surface area contributed by atoms with Crippen molar-refractivity contribution in [1.29, 1.82) is 0 Å². The zero-order valence-corrected chi connectivity index (χ0v) is 18.5. The van der Waals surface area contributed by atoms with Gasteiger partial charge in [-0.3, -0.25) is 14.5 Å². The number of halogens is 2. The van der Waals surface area contributed by atoms with Gasteiger partial charge in [-0.2, -0.15) is 0 Å². The third-order valence-corrected chi connectivity index (χ3v) is 6.05. The Morgan fingerprint density at radius 3 is 2.19 bits per heavy atom. The van der Waals surface area contributed by atoms with E-state index in [1.165, 1.54) is 29.2 Å². The van der Waals surface area contributed by atoms with Gasteiger partial charge in [0.25, 0.3) is 11.7 Å². The standard InChI is InChI=1S/C25H19BrFNO3/c1-14-3-12-20(13-15(14)2)28-22(16-6-10-19(27)11-7-16)21(24(30)25(28)31)23(29)17-4-8-18(26)9-5-17/h3-13,22,29H,1-2H3/b23-21+. The molecule has 156 valence electrons. The van der Waals surface area contributed by atoms with Crippen LogP contribution in [-0.4, -0.2) is 16.8 Å². The van der Waals surface area contributed by atoms with Gasteiger partial charge in [0.1, 0.15) is 11.6 Å². The fourth-order valence-corrected chi connectivity index (χ4v) is 3.96. The summed E-state index contributed by atoms with van der Waals surface area (Å²) in [6.45, 7) is 3.88. The monoisotopic (exact) mass is 479 g/mol. The second-order valence-corrected chi connectivity index (χ2v) is 8.41. The van der Waals surface area contributed by atoms with Crippen molar-refractivity contribution in [3.05, 3.63) is 105 Å². The molecular weight excluding hydrogens is 461 g/mol. The van der Waals surface area contributed by atoms with Crippen LogP contribution in [0.4, 0.5) is 10.1 Å². The van der Waals surface area contributed by atoms with Gasteiger partial charge in [-0.05, 0) is 66.9 Å². The van der Waals surface area contributed by atoms with Crippen molar-refractivity contribution >= 4 is 39.1 Å². The first-order valence-corrected chi connectivity index (χ1v) is 10.5. The molecule has 1 saturated heterocycles. The van der Waals surface area contributed by atoms with E-state index < -0.39 is 23.5 Å². The maximum atomic E-state index is 13.6. The summed E-state index contributed by atoms with van der Waals surface area (Å²) in [6.07, 6.45) is 0. The highest BCUT2D eigenvalue weighted by Crippen LogP contribution is 2.42. The molecule has 6 heteroatoms. The zero-order chi connectivity index (χ0) is 22.3. The molecule has 0 radical (unpaired) electrons. The molecular formula is C25H19BrFNO3. The summed E-state index contributed by atoms with van der Waals surface area (Å²) >= 11 is 3.35. The summed E-state index contributed by atoms with van der Waals surface area (Å²) in [4.78, 5) is 27.6. The number of ketones is 1. The first-order chi connectivity index (χ1) is 14.8. The highest BCUT2D eigenvalue weighted by atomic mass is 79.9. The fourth-order valence-electron chi connectivity index (χ4n) is 3.70. The Balaban J connectivity index is 1.95. The molecule has 3 aromatic carbocycles. The Morgan fingerprint density at radius 2 is 1.58 bits per heavy atom. The number of Topliss-reactive ketones (excluding diaryl/α,β-unsaturated/α-hetero) is 1. The maximum absolute atomic E-state index is 13.6. The summed E-state index contributed by atoms with van der Waals surface area (Å²) < 4.78 is 14.4. The van der Waals surface area contributed by atoms with E-state index in [2.05, 4.69) is 15.9 Å². The number of hydrogen-bond donors (Lipinski definition) is 1. The highest BCUT2D eigenvalue weighted by Gasteiger charge is 2.47. The number of nitrogens with zero attached hydrogens (tertiary/aromatic N) is 1. The first-order valence-electron chi connectivity index (χ1n) is 9.67. The predicted octanol–water partition coefficient (Wildman–Crippen LogP) is 5.83. The van der Waals surface area contributed by atoms with E-state index in [1.807, 2.05) is 26.0 Å². The van der Waals surface area contributed by atoms with Crippen LogP contribution in [0.2, 0.25) is 0 Å². The van der Waals surface area contributed by atoms with Gasteiger partial charge in [0.15, 0.2) is 0 Å². The first kappa shape index (κ1) is 21.0. The summed E-state index contributed by atoms with van der Waals surface area (Å²) in [5.74, 6) is -2.23. The quantitative estimate of drug-likeness (QED) is 0.292. The minimum absolute atomic E-state index is 0.0304. The Hall–Kier alpha value is -3.25. The topological polar surface area (TPSA) is 57.6 Å². The van der Waals surface area contributed by atoms with E-state index in [0.717, 1.165) is 15.6 Å². The van der Waals surface area contributed by atoms with Crippen molar-refractivity contribution in [1.82, 2.24) is 0 Å². The summed E-state index contributed by atoms with van der Waals surface area (Å²) in [5.41, 5.74) is 3.45. The number of carbonyl (C=O) groups excluding carboxylic acids is 2. The van der Waals surface area contributed by atoms with Gasteiger partial charge in [-0.25, -0.2) is 4.39 Å². The van der Waals surface area contributed by atoms with Gasteiger partial charge < -0.3 is 5.11 Å². The predicted molar refractivity (Wildman–Crippen MR) is 121 cm³/mol. The number of aliphatic hydroxyl groups is 1. The number of hydrogen-bond acceptors (Lipinski definition) is 3. The third-order valence-electron chi connectivity index (χ3n) is 5.52. The number of rotatable bonds is 3. The highest BCUT2D eigenvalue weighted by molar-refractivity contribution is 9.10. The molecule has 1 amide bonds. The molecule has 0 spiro atoms. The van der Waals surface area contributed by atoms with E-state index in [9.17, 15) is 19.1 Å². The van der Waals surface area contributed by atoms with Crippen LogP contribution in [0.5, 0.6) is 0 Å². The molecule has 1 N–H and O–H groups in total. The molecule has 4 nitrogen and oxygen atoms in total. The molecule has 0 saturated carbocycles. The minimum Gasteiger partial charge on any atom is -0.507 e.